The Morgan fingerprint density at radius 1 is 0.885 bits per heavy atom. The Kier molecular flexibility index (Phi) is 5.17. The molecule has 3 aromatic rings. The van der Waals surface area contributed by atoms with Gasteiger partial charge in [-0.15, -0.1) is 0 Å². The lowest BCUT2D eigenvalue weighted by atomic mass is 9.98. The van der Waals surface area contributed by atoms with Gasteiger partial charge in [-0.05, 0) is 52.1 Å². The van der Waals surface area contributed by atoms with Gasteiger partial charge in [0.2, 0.25) is 5.69 Å². The molecule has 0 saturated carbocycles. The summed E-state index contributed by atoms with van der Waals surface area (Å²) >= 11 is 0. The lowest BCUT2D eigenvalue weighted by Gasteiger charge is -2.18. The van der Waals surface area contributed by atoms with Crippen molar-refractivity contribution in [2.24, 2.45) is 7.05 Å². The van der Waals surface area contributed by atoms with Crippen molar-refractivity contribution in [2.75, 3.05) is 0 Å². The van der Waals surface area contributed by atoms with E-state index in [1.54, 1.807) is 0 Å². The van der Waals surface area contributed by atoms with E-state index in [1.807, 2.05) is 33.8 Å². The molecule has 1 heterocycles. The Balaban J connectivity index is 2.28. The molecule has 0 N–H and O–H groups in total. The summed E-state index contributed by atoms with van der Waals surface area (Å²) in [5, 5.41) is 2.44. The van der Waals surface area contributed by atoms with E-state index in [4.69, 9.17) is 9.47 Å². The number of benzene rings is 2. The van der Waals surface area contributed by atoms with Gasteiger partial charge in [0.25, 0.3) is 0 Å². The third-order valence-electron chi connectivity index (χ3n) is 4.37. The molecule has 0 spiro atoms. The molecular formula is C23H28NO2+. The number of nitrogens with zero attached hydrogens (tertiary/aromatic N) is 1. The molecule has 3 heteroatoms. The molecular weight excluding hydrogens is 322 g/mol. The summed E-state index contributed by atoms with van der Waals surface area (Å²) in [5.74, 6) is 1.71. The fourth-order valence-electron chi connectivity index (χ4n) is 3.27. The highest BCUT2D eigenvalue weighted by atomic mass is 16.5. The Morgan fingerprint density at radius 2 is 1.58 bits per heavy atom. The fourth-order valence-corrected chi connectivity index (χ4v) is 3.27. The van der Waals surface area contributed by atoms with E-state index in [1.165, 1.54) is 16.5 Å². The van der Waals surface area contributed by atoms with Gasteiger partial charge in [-0.25, -0.2) is 4.57 Å². The van der Waals surface area contributed by atoms with Crippen molar-refractivity contribution in [3.8, 4) is 22.8 Å². The summed E-state index contributed by atoms with van der Waals surface area (Å²) in [4.78, 5) is 0. The van der Waals surface area contributed by atoms with E-state index in [-0.39, 0.29) is 12.2 Å². The second kappa shape index (κ2) is 7.36. The van der Waals surface area contributed by atoms with Crippen LogP contribution in [0.1, 0.15) is 33.3 Å². The van der Waals surface area contributed by atoms with Gasteiger partial charge in [-0.3, -0.25) is 0 Å². The third-order valence-corrected chi connectivity index (χ3v) is 4.37. The first-order valence-corrected chi connectivity index (χ1v) is 9.22. The van der Waals surface area contributed by atoms with Crippen LogP contribution in [-0.4, -0.2) is 12.2 Å². The van der Waals surface area contributed by atoms with Gasteiger partial charge in [0.1, 0.15) is 18.5 Å². The number of hydrogen-bond acceptors (Lipinski definition) is 2. The van der Waals surface area contributed by atoms with E-state index in [2.05, 4.69) is 61.1 Å². The van der Waals surface area contributed by atoms with E-state index < -0.39 is 0 Å². The maximum absolute atomic E-state index is 6.09. The highest BCUT2D eigenvalue weighted by molar-refractivity contribution is 5.94. The van der Waals surface area contributed by atoms with Gasteiger partial charge < -0.3 is 9.47 Å². The minimum absolute atomic E-state index is 0.108. The number of rotatable bonds is 5. The zero-order chi connectivity index (χ0) is 18.8. The highest BCUT2D eigenvalue weighted by Crippen LogP contribution is 2.37. The van der Waals surface area contributed by atoms with Crippen LogP contribution in [0.3, 0.4) is 0 Å². The van der Waals surface area contributed by atoms with Gasteiger partial charge in [0.05, 0.1) is 23.2 Å². The van der Waals surface area contributed by atoms with Crippen LogP contribution in [0.5, 0.6) is 11.5 Å². The molecule has 0 fully saturated rings. The Bertz CT molecular complexity index is 929. The zero-order valence-corrected chi connectivity index (χ0v) is 16.5. The van der Waals surface area contributed by atoms with Gasteiger partial charge in [0.15, 0.2) is 6.20 Å². The van der Waals surface area contributed by atoms with Gasteiger partial charge >= 0.3 is 0 Å². The van der Waals surface area contributed by atoms with Crippen molar-refractivity contribution in [3.63, 3.8) is 0 Å². The minimum Gasteiger partial charge on any atom is -0.491 e. The van der Waals surface area contributed by atoms with Crippen LogP contribution in [0, 0.1) is 6.92 Å². The minimum atomic E-state index is 0.108. The number of aryl methyl sites for hydroxylation is 1. The Labute approximate surface area is 156 Å². The summed E-state index contributed by atoms with van der Waals surface area (Å²) in [6.07, 6.45) is 2.33. The second-order valence-corrected chi connectivity index (χ2v) is 7.29. The van der Waals surface area contributed by atoms with Crippen LogP contribution < -0.4 is 14.0 Å². The normalized spacial score (nSPS) is 11.4. The van der Waals surface area contributed by atoms with Crippen molar-refractivity contribution >= 4 is 10.8 Å². The average Bonchev–Trinajstić information content (AvgIpc) is 2.57. The van der Waals surface area contributed by atoms with Crippen molar-refractivity contribution in [1.82, 2.24) is 0 Å². The number of pyridine rings is 1. The first kappa shape index (κ1) is 18.2. The molecule has 0 radical (unpaired) electrons. The number of ether oxygens (including phenoxy) is 2. The lowest BCUT2D eigenvalue weighted by molar-refractivity contribution is -0.659. The third kappa shape index (κ3) is 3.67. The maximum Gasteiger partial charge on any atom is 0.220 e. The van der Waals surface area contributed by atoms with Crippen LogP contribution >= 0.6 is 0 Å². The molecule has 0 amide bonds. The standard InChI is InChI=1S/C23H28NO2/c1-15(2)25-19-13-21(17(5)22(14-19)26-16(3)4)23-20-10-8-7-9-18(20)11-12-24(23)6/h7-16H,1-6H3/q+1. The molecule has 0 aliphatic carbocycles. The van der Waals surface area contributed by atoms with Crippen molar-refractivity contribution in [1.29, 1.82) is 0 Å². The molecule has 26 heavy (non-hydrogen) atoms. The van der Waals surface area contributed by atoms with E-state index in [9.17, 15) is 0 Å². The second-order valence-electron chi connectivity index (χ2n) is 7.29. The largest absolute Gasteiger partial charge is 0.491 e. The molecule has 0 atom stereocenters. The summed E-state index contributed by atoms with van der Waals surface area (Å²) in [6.45, 7) is 10.3. The first-order chi connectivity index (χ1) is 12.4. The molecule has 2 aromatic carbocycles. The van der Waals surface area contributed by atoms with Crippen LogP contribution in [0.4, 0.5) is 0 Å². The van der Waals surface area contributed by atoms with Crippen LogP contribution in [0.2, 0.25) is 0 Å². The predicted molar refractivity (Wildman–Crippen MR) is 107 cm³/mol. The molecule has 3 nitrogen and oxygen atoms in total. The molecule has 3 rings (SSSR count). The molecule has 0 aliphatic heterocycles. The smallest absolute Gasteiger partial charge is 0.220 e. The summed E-state index contributed by atoms with van der Waals surface area (Å²) in [7, 11) is 2.08. The van der Waals surface area contributed by atoms with Gasteiger partial charge in [-0.1, -0.05) is 18.2 Å². The maximum atomic E-state index is 6.09. The lowest BCUT2D eigenvalue weighted by Crippen LogP contribution is -2.30. The van der Waals surface area contributed by atoms with E-state index >= 15 is 0 Å². The molecule has 0 aliphatic rings. The van der Waals surface area contributed by atoms with Crippen molar-refractivity contribution in [2.45, 2.75) is 46.8 Å². The number of fused-ring (bicyclic) bond motifs is 1. The monoisotopic (exact) mass is 350 g/mol. The van der Waals surface area contributed by atoms with Gasteiger partial charge in [0, 0.05) is 17.7 Å². The SMILES string of the molecule is Cc1c(OC(C)C)cc(OC(C)C)cc1-c1c2ccccc2cc[n+]1C. The first-order valence-electron chi connectivity index (χ1n) is 9.22. The van der Waals surface area contributed by atoms with Crippen LogP contribution in [0.15, 0.2) is 48.7 Å². The van der Waals surface area contributed by atoms with Crippen LogP contribution in [-0.2, 0) is 7.05 Å². The Hall–Kier alpha value is -2.55. The highest BCUT2D eigenvalue weighted by Gasteiger charge is 2.21. The molecule has 136 valence electrons. The van der Waals surface area contributed by atoms with Crippen molar-refractivity contribution < 1.29 is 14.0 Å². The summed E-state index contributed by atoms with van der Waals surface area (Å²) < 4.78 is 14.3. The Morgan fingerprint density at radius 3 is 2.27 bits per heavy atom. The molecule has 0 unspecified atom stereocenters. The van der Waals surface area contributed by atoms with Gasteiger partial charge in [-0.2, -0.15) is 0 Å². The quantitative estimate of drug-likeness (QED) is 0.589. The predicted octanol–water partition coefficient (Wildman–Crippen LogP) is 5.21. The van der Waals surface area contributed by atoms with Crippen molar-refractivity contribution in [3.05, 3.63) is 54.2 Å². The van der Waals surface area contributed by atoms with Crippen LogP contribution in [0.25, 0.3) is 22.0 Å². The molecule has 0 saturated heterocycles. The summed E-state index contributed by atoms with van der Waals surface area (Å²) in [5.41, 5.74) is 3.43. The molecule has 0 bridgehead atoms. The molecule has 1 aromatic heterocycles. The zero-order valence-electron chi connectivity index (χ0n) is 16.5. The average molecular weight is 350 g/mol. The fraction of sp³-hybridized carbons (Fsp3) is 0.348. The topological polar surface area (TPSA) is 22.3 Å². The summed E-state index contributed by atoms with van der Waals surface area (Å²) in [6, 6.07) is 14.8. The van der Waals surface area contributed by atoms with E-state index in [0.717, 1.165) is 22.6 Å². The van der Waals surface area contributed by atoms with E-state index in [0.29, 0.717) is 0 Å². The number of aromatic nitrogens is 1. The number of hydrogen-bond donors (Lipinski definition) is 0.